The molecule has 0 bridgehead atoms. The molecule has 0 spiro atoms. The highest BCUT2D eigenvalue weighted by atomic mass is 32.2. The Morgan fingerprint density at radius 1 is 1.29 bits per heavy atom. The molecule has 0 aliphatic carbocycles. The van der Waals surface area contributed by atoms with Crippen molar-refractivity contribution in [1.82, 2.24) is 0 Å². The van der Waals surface area contributed by atoms with Gasteiger partial charge in [0.2, 0.25) is 0 Å². The summed E-state index contributed by atoms with van der Waals surface area (Å²) in [4.78, 5) is 0. The lowest BCUT2D eigenvalue weighted by Gasteiger charge is -2.16. The van der Waals surface area contributed by atoms with Gasteiger partial charge in [-0.25, -0.2) is 5.14 Å². The molecular weight excluding hydrogens is 307 g/mol. The summed E-state index contributed by atoms with van der Waals surface area (Å²) in [6.45, 7) is 1.76. The highest BCUT2D eigenvalue weighted by Gasteiger charge is 2.26. The van der Waals surface area contributed by atoms with Crippen LogP contribution in [0.5, 0.6) is 0 Å². The molecule has 1 aromatic carbocycles. The number of benzene rings is 1. The van der Waals surface area contributed by atoms with E-state index in [0.29, 0.717) is 12.1 Å². The molecular formula is C12H18F3N3O2S. The van der Waals surface area contributed by atoms with Crippen LogP contribution in [0.4, 0.5) is 24.5 Å². The Kier molecular flexibility index (Phi) is 5.85. The number of halogens is 3. The minimum atomic E-state index is -4.14. The Labute approximate surface area is 121 Å². The molecule has 0 saturated heterocycles. The minimum Gasteiger partial charge on any atom is -0.383 e. The summed E-state index contributed by atoms with van der Waals surface area (Å²) in [5.41, 5.74) is 0.883. The van der Waals surface area contributed by atoms with Gasteiger partial charge in [0.25, 0.3) is 10.2 Å². The Morgan fingerprint density at radius 2 is 1.90 bits per heavy atom. The summed E-state index contributed by atoms with van der Waals surface area (Å²) in [6, 6.07) is 6.17. The molecule has 4 N–H and O–H groups in total. The van der Waals surface area contributed by atoms with Crippen molar-refractivity contribution in [1.29, 1.82) is 0 Å². The highest BCUT2D eigenvalue weighted by Crippen LogP contribution is 2.23. The van der Waals surface area contributed by atoms with Crippen LogP contribution in [0.15, 0.2) is 24.3 Å². The van der Waals surface area contributed by atoms with E-state index in [1.165, 1.54) is 12.1 Å². The van der Waals surface area contributed by atoms with Gasteiger partial charge in [-0.1, -0.05) is 6.07 Å². The van der Waals surface area contributed by atoms with Crippen molar-refractivity contribution in [3.8, 4) is 0 Å². The summed E-state index contributed by atoms with van der Waals surface area (Å²) in [5, 5.41) is 7.87. The maximum atomic E-state index is 12.0. The molecule has 120 valence electrons. The number of rotatable bonds is 7. The van der Waals surface area contributed by atoms with Crippen LogP contribution in [-0.4, -0.2) is 20.6 Å². The van der Waals surface area contributed by atoms with Crippen molar-refractivity contribution in [2.75, 3.05) is 10.0 Å². The third kappa shape index (κ3) is 8.41. The SMILES string of the molecule is CC(CCCC(F)(F)F)Nc1cccc(NS(N)(=O)=O)c1. The van der Waals surface area contributed by atoms with E-state index < -0.39 is 22.8 Å². The van der Waals surface area contributed by atoms with Crippen LogP contribution in [0.25, 0.3) is 0 Å². The molecule has 0 heterocycles. The van der Waals surface area contributed by atoms with Gasteiger partial charge in [0, 0.05) is 18.2 Å². The van der Waals surface area contributed by atoms with Crippen molar-refractivity contribution in [3.05, 3.63) is 24.3 Å². The van der Waals surface area contributed by atoms with Gasteiger partial charge in [-0.3, -0.25) is 4.72 Å². The third-order valence-electron chi connectivity index (χ3n) is 2.63. The molecule has 21 heavy (non-hydrogen) atoms. The molecule has 9 heteroatoms. The van der Waals surface area contributed by atoms with E-state index in [2.05, 4.69) is 10.0 Å². The highest BCUT2D eigenvalue weighted by molar-refractivity contribution is 7.90. The van der Waals surface area contributed by atoms with Crippen LogP contribution in [0.1, 0.15) is 26.2 Å². The first-order valence-corrected chi connectivity index (χ1v) is 7.84. The Balaban J connectivity index is 2.52. The molecule has 1 rings (SSSR count). The molecule has 5 nitrogen and oxygen atoms in total. The number of alkyl halides is 3. The first-order chi connectivity index (χ1) is 9.55. The first-order valence-electron chi connectivity index (χ1n) is 6.29. The average molecular weight is 325 g/mol. The molecule has 0 aliphatic rings. The fourth-order valence-electron chi connectivity index (χ4n) is 1.80. The maximum absolute atomic E-state index is 12.0. The number of nitrogens with two attached hydrogens (primary N) is 1. The lowest BCUT2D eigenvalue weighted by Crippen LogP contribution is -2.22. The molecule has 0 fully saturated rings. The topological polar surface area (TPSA) is 84.2 Å². The number of hydrogen-bond donors (Lipinski definition) is 3. The minimum absolute atomic E-state index is 0.0345. The van der Waals surface area contributed by atoms with Crippen LogP contribution in [-0.2, 0) is 10.2 Å². The van der Waals surface area contributed by atoms with Crippen molar-refractivity contribution < 1.29 is 21.6 Å². The van der Waals surface area contributed by atoms with Crippen molar-refractivity contribution >= 4 is 21.6 Å². The van der Waals surface area contributed by atoms with Gasteiger partial charge in [-0.05, 0) is 38.0 Å². The quantitative estimate of drug-likeness (QED) is 0.721. The second-order valence-corrected chi connectivity index (χ2v) is 6.07. The van der Waals surface area contributed by atoms with Gasteiger partial charge in [0.05, 0.1) is 5.69 Å². The summed E-state index contributed by atoms with van der Waals surface area (Å²) < 4.78 is 60.1. The predicted octanol–water partition coefficient (Wildman–Crippen LogP) is 2.83. The van der Waals surface area contributed by atoms with Gasteiger partial charge in [0.15, 0.2) is 0 Å². The van der Waals surface area contributed by atoms with E-state index in [-0.39, 0.29) is 18.2 Å². The van der Waals surface area contributed by atoms with E-state index in [1.807, 2.05) is 0 Å². The van der Waals surface area contributed by atoms with E-state index in [0.717, 1.165) is 0 Å². The molecule has 0 saturated carbocycles. The van der Waals surface area contributed by atoms with Crippen molar-refractivity contribution in [2.45, 2.75) is 38.4 Å². The van der Waals surface area contributed by atoms with Crippen LogP contribution < -0.4 is 15.2 Å². The standard InChI is InChI=1S/C12H18F3N3O2S/c1-9(4-3-7-12(13,14)15)17-10-5-2-6-11(8-10)18-21(16,19)20/h2,5-6,8-9,17-18H,3-4,7H2,1H3,(H2,16,19,20). The van der Waals surface area contributed by atoms with Crippen LogP contribution in [0.3, 0.4) is 0 Å². The summed E-state index contributed by atoms with van der Waals surface area (Å²) >= 11 is 0. The fourth-order valence-corrected chi connectivity index (χ4v) is 2.26. The van der Waals surface area contributed by atoms with E-state index in [9.17, 15) is 21.6 Å². The fraction of sp³-hybridized carbons (Fsp3) is 0.500. The smallest absolute Gasteiger partial charge is 0.383 e. The van der Waals surface area contributed by atoms with E-state index >= 15 is 0 Å². The zero-order valence-corrected chi connectivity index (χ0v) is 12.3. The lowest BCUT2D eigenvalue weighted by atomic mass is 10.1. The summed E-state index contributed by atoms with van der Waals surface area (Å²) in [5.74, 6) is 0. The Hall–Kier alpha value is -1.48. The molecule has 1 unspecified atom stereocenters. The Morgan fingerprint density at radius 3 is 2.48 bits per heavy atom. The molecule has 0 aromatic heterocycles. The number of nitrogens with one attached hydrogen (secondary N) is 2. The first kappa shape index (κ1) is 17.6. The monoisotopic (exact) mass is 325 g/mol. The van der Waals surface area contributed by atoms with Gasteiger partial charge in [-0.15, -0.1) is 0 Å². The largest absolute Gasteiger partial charge is 0.389 e. The maximum Gasteiger partial charge on any atom is 0.389 e. The van der Waals surface area contributed by atoms with Crippen LogP contribution in [0, 0.1) is 0 Å². The van der Waals surface area contributed by atoms with E-state index in [4.69, 9.17) is 5.14 Å². The summed E-state index contributed by atoms with van der Waals surface area (Å²) in [6.07, 6.45) is -4.57. The van der Waals surface area contributed by atoms with Crippen molar-refractivity contribution in [3.63, 3.8) is 0 Å². The predicted molar refractivity (Wildman–Crippen MR) is 76.2 cm³/mol. The number of hydrogen-bond acceptors (Lipinski definition) is 3. The van der Waals surface area contributed by atoms with Gasteiger partial charge >= 0.3 is 6.18 Å². The zero-order valence-electron chi connectivity index (χ0n) is 11.4. The molecule has 1 atom stereocenters. The zero-order chi connectivity index (χ0) is 16.1. The number of anilines is 2. The molecule has 0 radical (unpaired) electrons. The normalized spacial score (nSPS) is 13.8. The van der Waals surface area contributed by atoms with Crippen molar-refractivity contribution in [2.24, 2.45) is 5.14 Å². The second-order valence-electron chi connectivity index (χ2n) is 4.78. The second kappa shape index (κ2) is 6.99. The Bertz CT molecular complexity index is 561. The third-order valence-corrected chi connectivity index (χ3v) is 3.15. The molecule has 1 aromatic rings. The summed E-state index contributed by atoms with van der Waals surface area (Å²) in [7, 11) is -3.86. The lowest BCUT2D eigenvalue weighted by molar-refractivity contribution is -0.135. The van der Waals surface area contributed by atoms with Gasteiger partial charge in [-0.2, -0.15) is 21.6 Å². The van der Waals surface area contributed by atoms with Crippen LogP contribution in [0.2, 0.25) is 0 Å². The van der Waals surface area contributed by atoms with E-state index in [1.54, 1.807) is 19.1 Å². The van der Waals surface area contributed by atoms with Crippen LogP contribution >= 0.6 is 0 Å². The average Bonchev–Trinajstić information content (AvgIpc) is 2.24. The van der Waals surface area contributed by atoms with Gasteiger partial charge < -0.3 is 5.32 Å². The van der Waals surface area contributed by atoms with Gasteiger partial charge in [0.1, 0.15) is 0 Å². The molecule has 0 amide bonds. The molecule has 0 aliphatic heterocycles.